The Labute approximate surface area is 151 Å². The highest BCUT2D eigenvalue weighted by molar-refractivity contribution is 5.76. The monoisotopic (exact) mass is 345 g/mol. The van der Waals surface area contributed by atoms with Crippen molar-refractivity contribution in [3.63, 3.8) is 0 Å². The van der Waals surface area contributed by atoms with Crippen molar-refractivity contribution in [3.05, 3.63) is 100 Å². The van der Waals surface area contributed by atoms with Crippen LogP contribution in [0.4, 0.5) is 0 Å². The summed E-state index contributed by atoms with van der Waals surface area (Å²) < 4.78 is 1.35. The summed E-state index contributed by atoms with van der Waals surface area (Å²) in [6.07, 6.45) is 2.85. The van der Waals surface area contributed by atoms with Gasteiger partial charge in [-0.15, -0.1) is 0 Å². The van der Waals surface area contributed by atoms with E-state index in [1.54, 1.807) is 0 Å². The largest absolute Gasteiger partial charge is 0.336 e. The Morgan fingerprint density at radius 1 is 1.04 bits per heavy atom. The highest BCUT2D eigenvalue weighted by atomic mass is 16.2. The number of amides is 1. The molecule has 0 bridgehead atoms. The van der Waals surface area contributed by atoms with E-state index in [9.17, 15) is 9.59 Å². The average molecular weight is 345 g/mol. The van der Waals surface area contributed by atoms with Gasteiger partial charge in [0.25, 0.3) is 5.56 Å². The molecule has 5 heteroatoms. The van der Waals surface area contributed by atoms with Crippen LogP contribution in [0.1, 0.15) is 22.6 Å². The van der Waals surface area contributed by atoms with Crippen LogP contribution in [0.3, 0.4) is 0 Å². The summed E-state index contributed by atoms with van der Waals surface area (Å²) in [6, 6.07) is 19.9. The molecular formula is C21H19N3O2. The second-order valence-corrected chi connectivity index (χ2v) is 6.48. The van der Waals surface area contributed by atoms with E-state index < -0.39 is 0 Å². The number of nitrogens with zero attached hydrogens (tertiary/aromatic N) is 3. The molecule has 0 N–H and O–H groups in total. The molecule has 1 atom stereocenters. The summed E-state index contributed by atoms with van der Waals surface area (Å²) in [5.41, 5.74) is 3.39. The van der Waals surface area contributed by atoms with E-state index in [4.69, 9.17) is 0 Å². The van der Waals surface area contributed by atoms with Gasteiger partial charge in [-0.2, -0.15) is 0 Å². The van der Waals surface area contributed by atoms with Crippen molar-refractivity contribution < 1.29 is 4.79 Å². The Morgan fingerprint density at radius 2 is 1.81 bits per heavy atom. The standard InChI is InChI=1S/C21H19N3O2/c25-20-10-11-22-15-24(20)14-21(26)23-12-17-8-4-5-9-18(17)19(13-23)16-6-2-1-3-7-16/h1-11,15,19H,12-14H2. The number of fused-ring (bicyclic) bond motifs is 1. The predicted molar refractivity (Wildman–Crippen MR) is 98.6 cm³/mol. The maximum absolute atomic E-state index is 12.8. The maximum Gasteiger partial charge on any atom is 0.253 e. The lowest BCUT2D eigenvalue weighted by Gasteiger charge is -2.35. The minimum absolute atomic E-state index is 0.0103. The molecule has 1 unspecified atom stereocenters. The zero-order chi connectivity index (χ0) is 17.9. The lowest BCUT2D eigenvalue weighted by Crippen LogP contribution is -2.41. The molecule has 5 nitrogen and oxygen atoms in total. The molecule has 130 valence electrons. The number of carbonyl (C=O) groups excluding carboxylic acids is 1. The number of rotatable bonds is 3. The summed E-state index contributed by atoms with van der Waals surface area (Å²) in [5, 5.41) is 0. The summed E-state index contributed by atoms with van der Waals surface area (Å²) in [5.74, 6) is 0.0613. The van der Waals surface area contributed by atoms with Crippen molar-refractivity contribution in [1.29, 1.82) is 0 Å². The van der Waals surface area contributed by atoms with Gasteiger partial charge in [-0.1, -0.05) is 54.6 Å². The Hall–Kier alpha value is -3.21. The van der Waals surface area contributed by atoms with Crippen molar-refractivity contribution >= 4 is 5.91 Å². The van der Waals surface area contributed by atoms with E-state index >= 15 is 0 Å². The number of carbonyl (C=O) groups is 1. The number of hydrogen-bond acceptors (Lipinski definition) is 3. The number of hydrogen-bond donors (Lipinski definition) is 0. The second-order valence-electron chi connectivity index (χ2n) is 6.48. The topological polar surface area (TPSA) is 55.2 Å². The third-order valence-corrected chi connectivity index (χ3v) is 4.85. The summed E-state index contributed by atoms with van der Waals surface area (Å²) in [7, 11) is 0. The summed E-state index contributed by atoms with van der Waals surface area (Å²) >= 11 is 0. The molecule has 1 aliphatic rings. The quantitative estimate of drug-likeness (QED) is 0.732. The van der Waals surface area contributed by atoms with Gasteiger partial charge >= 0.3 is 0 Å². The van der Waals surface area contributed by atoms with Crippen LogP contribution < -0.4 is 5.56 Å². The fourth-order valence-electron chi connectivity index (χ4n) is 3.51. The van der Waals surface area contributed by atoms with Crippen molar-refractivity contribution in [2.24, 2.45) is 0 Å². The van der Waals surface area contributed by atoms with Crippen LogP contribution in [0.15, 0.2) is 78.0 Å². The average Bonchev–Trinajstić information content (AvgIpc) is 2.69. The molecule has 26 heavy (non-hydrogen) atoms. The molecule has 0 spiro atoms. The minimum atomic E-state index is -0.217. The Morgan fingerprint density at radius 3 is 2.62 bits per heavy atom. The molecule has 1 aliphatic heterocycles. The predicted octanol–water partition coefficient (Wildman–Crippen LogP) is 2.42. The number of aromatic nitrogens is 2. The van der Waals surface area contributed by atoms with Crippen LogP contribution >= 0.6 is 0 Å². The van der Waals surface area contributed by atoms with E-state index in [1.165, 1.54) is 34.3 Å². The summed E-state index contributed by atoms with van der Waals surface area (Å²) in [6.45, 7) is 1.18. The molecule has 3 aromatic rings. The Balaban J connectivity index is 1.64. The Kier molecular flexibility index (Phi) is 4.35. The molecule has 0 fully saturated rings. The van der Waals surface area contributed by atoms with Crippen molar-refractivity contribution in [3.8, 4) is 0 Å². The molecule has 0 aliphatic carbocycles. The minimum Gasteiger partial charge on any atom is -0.336 e. The SMILES string of the molecule is O=C(Cn1cnccc1=O)N1Cc2ccccc2C(c2ccccc2)C1. The molecular weight excluding hydrogens is 326 g/mol. The first kappa shape index (κ1) is 16.3. The van der Waals surface area contributed by atoms with E-state index in [2.05, 4.69) is 29.2 Å². The highest BCUT2D eigenvalue weighted by Crippen LogP contribution is 2.33. The molecule has 1 amide bonds. The van der Waals surface area contributed by atoms with Crippen molar-refractivity contribution in [1.82, 2.24) is 14.5 Å². The van der Waals surface area contributed by atoms with Crippen molar-refractivity contribution in [2.75, 3.05) is 6.54 Å². The highest BCUT2D eigenvalue weighted by Gasteiger charge is 2.29. The van der Waals surface area contributed by atoms with E-state index in [0.29, 0.717) is 13.1 Å². The van der Waals surface area contributed by atoms with Gasteiger partial charge in [-0.3, -0.25) is 14.2 Å². The van der Waals surface area contributed by atoms with Crippen LogP contribution in [-0.2, 0) is 17.9 Å². The van der Waals surface area contributed by atoms with Gasteiger partial charge in [0.05, 0.1) is 6.33 Å². The molecule has 2 heterocycles. The first-order chi connectivity index (χ1) is 12.7. The molecule has 0 radical (unpaired) electrons. The first-order valence-electron chi connectivity index (χ1n) is 8.63. The molecule has 4 rings (SSSR count). The molecule has 0 saturated carbocycles. The lowest BCUT2D eigenvalue weighted by molar-refractivity contribution is -0.133. The Bertz CT molecular complexity index is 982. The van der Waals surface area contributed by atoms with Gasteiger partial charge in [0, 0.05) is 31.3 Å². The number of benzene rings is 2. The first-order valence-corrected chi connectivity index (χ1v) is 8.63. The molecule has 0 saturated heterocycles. The zero-order valence-electron chi connectivity index (χ0n) is 14.3. The maximum atomic E-state index is 12.8. The van der Waals surface area contributed by atoms with Crippen LogP contribution in [0.25, 0.3) is 0 Å². The van der Waals surface area contributed by atoms with Crippen LogP contribution in [0.5, 0.6) is 0 Å². The van der Waals surface area contributed by atoms with E-state index in [0.717, 1.165) is 5.56 Å². The van der Waals surface area contributed by atoms with Gasteiger partial charge in [0.15, 0.2) is 0 Å². The zero-order valence-corrected chi connectivity index (χ0v) is 14.3. The normalized spacial score (nSPS) is 16.2. The second kappa shape index (κ2) is 6.96. The van der Waals surface area contributed by atoms with Crippen molar-refractivity contribution in [2.45, 2.75) is 19.0 Å². The van der Waals surface area contributed by atoms with Crippen LogP contribution in [-0.4, -0.2) is 26.9 Å². The van der Waals surface area contributed by atoms with Gasteiger partial charge in [-0.05, 0) is 16.7 Å². The van der Waals surface area contributed by atoms with Gasteiger partial charge in [0.2, 0.25) is 5.91 Å². The molecule has 2 aromatic carbocycles. The fourth-order valence-corrected chi connectivity index (χ4v) is 3.51. The van der Waals surface area contributed by atoms with Gasteiger partial charge < -0.3 is 4.90 Å². The van der Waals surface area contributed by atoms with Gasteiger partial charge in [0.1, 0.15) is 6.54 Å². The third-order valence-electron chi connectivity index (χ3n) is 4.85. The van der Waals surface area contributed by atoms with E-state index in [1.807, 2.05) is 35.2 Å². The fraction of sp³-hybridized carbons (Fsp3) is 0.190. The van der Waals surface area contributed by atoms with Crippen LogP contribution in [0, 0.1) is 0 Å². The third kappa shape index (κ3) is 3.16. The lowest BCUT2D eigenvalue weighted by atomic mass is 9.84. The van der Waals surface area contributed by atoms with E-state index in [-0.39, 0.29) is 23.9 Å². The molecule has 1 aromatic heterocycles. The van der Waals surface area contributed by atoms with Gasteiger partial charge in [-0.25, -0.2) is 4.98 Å². The summed E-state index contributed by atoms with van der Waals surface area (Å²) in [4.78, 5) is 30.5. The smallest absolute Gasteiger partial charge is 0.253 e. The van der Waals surface area contributed by atoms with Crippen LogP contribution in [0.2, 0.25) is 0 Å².